The van der Waals surface area contributed by atoms with Crippen molar-refractivity contribution in [2.24, 2.45) is 11.0 Å². The Morgan fingerprint density at radius 1 is 1.12 bits per heavy atom. The molecule has 0 N–H and O–H groups in total. The molecule has 0 bridgehead atoms. The summed E-state index contributed by atoms with van der Waals surface area (Å²) < 4.78 is 19.8. The Hall–Kier alpha value is -3.06. The summed E-state index contributed by atoms with van der Waals surface area (Å²) in [5.74, 6) is -0.771. The van der Waals surface area contributed by atoms with Gasteiger partial charge in [-0.15, -0.1) is 0 Å². The van der Waals surface area contributed by atoms with Crippen molar-refractivity contribution in [3.63, 3.8) is 0 Å². The van der Waals surface area contributed by atoms with E-state index in [-0.39, 0.29) is 30.2 Å². The number of carbonyl (C=O) groups is 2. The largest absolute Gasteiger partial charge is 0.466 e. The molecular formula is C26H30FN3O3. The van der Waals surface area contributed by atoms with E-state index >= 15 is 0 Å². The molecule has 2 aromatic carbocycles. The van der Waals surface area contributed by atoms with Gasteiger partial charge in [-0.3, -0.25) is 14.5 Å². The lowest BCUT2D eigenvalue weighted by molar-refractivity contribution is -0.149. The van der Waals surface area contributed by atoms with Crippen LogP contribution in [-0.4, -0.2) is 53.7 Å². The van der Waals surface area contributed by atoms with Crippen LogP contribution in [0.4, 0.5) is 4.39 Å². The van der Waals surface area contributed by atoms with E-state index in [1.807, 2.05) is 36.1 Å². The minimum absolute atomic E-state index is 0.111. The minimum atomic E-state index is -0.480. The topological polar surface area (TPSA) is 62.2 Å². The third-order valence-corrected chi connectivity index (χ3v) is 6.35. The molecule has 0 aliphatic carbocycles. The van der Waals surface area contributed by atoms with E-state index in [0.29, 0.717) is 44.5 Å². The summed E-state index contributed by atoms with van der Waals surface area (Å²) in [6.07, 6.45) is 1.79. The fraction of sp³-hybridized carbons (Fsp3) is 0.423. The third kappa shape index (κ3) is 5.30. The molecule has 4 rings (SSSR count). The van der Waals surface area contributed by atoms with Gasteiger partial charge in [0.25, 0.3) is 5.91 Å². The maximum absolute atomic E-state index is 14.7. The lowest BCUT2D eigenvalue weighted by atomic mass is 9.96. The first kappa shape index (κ1) is 23.1. The lowest BCUT2D eigenvalue weighted by Gasteiger charge is -2.32. The van der Waals surface area contributed by atoms with E-state index in [1.165, 1.54) is 11.1 Å². The number of esters is 1. The normalized spacial score (nSPS) is 19.4. The monoisotopic (exact) mass is 451 g/mol. The summed E-state index contributed by atoms with van der Waals surface area (Å²) >= 11 is 0. The second kappa shape index (κ2) is 10.3. The van der Waals surface area contributed by atoms with Gasteiger partial charge in [0.2, 0.25) is 0 Å². The molecular weight excluding hydrogens is 421 g/mol. The van der Waals surface area contributed by atoms with Gasteiger partial charge in [-0.1, -0.05) is 48.0 Å². The number of nitrogens with zero attached hydrogens (tertiary/aromatic N) is 3. The van der Waals surface area contributed by atoms with Gasteiger partial charge >= 0.3 is 5.97 Å². The van der Waals surface area contributed by atoms with Crippen LogP contribution in [0, 0.1) is 18.7 Å². The van der Waals surface area contributed by atoms with Crippen LogP contribution in [0.5, 0.6) is 0 Å². The zero-order chi connectivity index (χ0) is 23.4. The number of amides is 1. The highest BCUT2D eigenvalue weighted by molar-refractivity contribution is 6.03. The number of hydrazone groups is 1. The summed E-state index contributed by atoms with van der Waals surface area (Å²) in [7, 11) is 0. The van der Waals surface area contributed by atoms with E-state index in [0.717, 1.165) is 16.8 Å². The highest BCUT2D eigenvalue weighted by Gasteiger charge is 2.36. The molecule has 1 amide bonds. The molecule has 0 unspecified atom stereocenters. The summed E-state index contributed by atoms with van der Waals surface area (Å²) in [5, 5.41) is 6.12. The van der Waals surface area contributed by atoms with Crippen molar-refractivity contribution >= 4 is 17.6 Å². The Kier molecular flexibility index (Phi) is 7.18. The smallest absolute Gasteiger partial charge is 0.309 e. The van der Waals surface area contributed by atoms with Crippen LogP contribution in [0.3, 0.4) is 0 Å². The van der Waals surface area contributed by atoms with Gasteiger partial charge in [-0.2, -0.15) is 5.10 Å². The van der Waals surface area contributed by atoms with Gasteiger partial charge in [0.15, 0.2) is 0 Å². The zero-order valence-corrected chi connectivity index (χ0v) is 19.2. The molecule has 2 aromatic rings. The molecule has 33 heavy (non-hydrogen) atoms. The maximum Gasteiger partial charge on any atom is 0.309 e. The molecule has 2 aliphatic heterocycles. The van der Waals surface area contributed by atoms with Crippen LogP contribution in [0.15, 0.2) is 53.6 Å². The Morgan fingerprint density at radius 3 is 2.58 bits per heavy atom. The predicted molar refractivity (Wildman–Crippen MR) is 124 cm³/mol. The third-order valence-electron chi connectivity index (χ3n) is 6.35. The predicted octanol–water partition coefficient (Wildman–Crippen LogP) is 4.09. The van der Waals surface area contributed by atoms with Crippen molar-refractivity contribution in [1.82, 2.24) is 9.91 Å². The molecule has 1 atom stereocenters. The number of halogens is 1. The van der Waals surface area contributed by atoms with Crippen LogP contribution in [0.2, 0.25) is 0 Å². The molecule has 2 heterocycles. The summed E-state index contributed by atoms with van der Waals surface area (Å²) in [5.41, 5.74) is 3.30. The minimum Gasteiger partial charge on any atom is -0.466 e. The van der Waals surface area contributed by atoms with Crippen LogP contribution < -0.4 is 0 Å². The van der Waals surface area contributed by atoms with Crippen molar-refractivity contribution < 1.29 is 18.7 Å². The van der Waals surface area contributed by atoms with Gasteiger partial charge in [-0.25, -0.2) is 9.40 Å². The lowest BCUT2D eigenvalue weighted by Crippen LogP contribution is -2.43. The number of piperidine rings is 1. The molecule has 0 saturated carbocycles. The summed E-state index contributed by atoms with van der Waals surface area (Å²) in [4.78, 5) is 27.4. The van der Waals surface area contributed by atoms with Crippen molar-refractivity contribution in [1.29, 1.82) is 0 Å². The molecule has 174 valence electrons. The van der Waals surface area contributed by atoms with Gasteiger partial charge in [0.05, 0.1) is 30.8 Å². The van der Waals surface area contributed by atoms with E-state index in [4.69, 9.17) is 4.74 Å². The quantitative estimate of drug-likeness (QED) is 0.621. The summed E-state index contributed by atoms with van der Waals surface area (Å²) in [6.45, 7) is 5.66. The number of likely N-dealkylation sites (tertiary alicyclic amines) is 1. The average molecular weight is 452 g/mol. The number of hydrogen-bond donors (Lipinski definition) is 0. The Balaban J connectivity index is 1.50. The fourth-order valence-electron chi connectivity index (χ4n) is 4.58. The molecule has 0 radical (unpaired) electrons. The number of benzene rings is 2. The van der Waals surface area contributed by atoms with Gasteiger partial charge < -0.3 is 4.74 Å². The first-order valence-electron chi connectivity index (χ1n) is 11.6. The molecule has 0 aromatic heterocycles. The molecule has 7 heteroatoms. The SMILES string of the molecule is CCOC(=O)C1CCN(CC(=O)N2N=C(c3cccc(C)c3)C[C@H]2c2ccccc2F)CC1. The van der Waals surface area contributed by atoms with E-state index in [1.54, 1.807) is 25.1 Å². The van der Waals surface area contributed by atoms with Gasteiger partial charge in [-0.05, 0) is 51.4 Å². The molecule has 1 saturated heterocycles. The van der Waals surface area contributed by atoms with E-state index in [2.05, 4.69) is 5.10 Å². The number of ether oxygens (including phenoxy) is 1. The van der Waals surface area contributed by atoms with Crippen molar-refractivity contribution in [3.8, 4) is 0 Å². The van der Waals surface area contributed by atoms with Crippen molar-refractivity contribution in [2.45, 2.75) is 39.2 Å². The number of rotatable bonds is 6. The summed E-state index contributed by atoms with van der Waals surface area (Å²) in [6, 6.07) is 14.1. The standard InChI is InChI=1S/C26H30FN3O3/c1-3-33-26(32)19-11-13-29(14-12-19)17-25(31)30-24(21-9-4-5-10-22(21)27)16-23(28-30)20-8-6-7-18(2)15-20/h4-10,15,19,24H,3,11-14,16-17H2,1-2H3/t24-/m0/s1. The number of aryl methyl sites for hydroxylation is 1. The number of hydrogen-bond acceptors (Lipinski definition) is 5. The molecule has 2 aliphatic rings. The van der Waals surface area contributed by atoms with Crippen molar-refractivity contribution in [3.05, 3.63) is 71.0 Å². The Labute approximate surface area is 194 Å². The molecule has 6 nitrogen and oxygen atoms in total. The van der Waals surface area contributed by atoms with Crippen LogP contribution in [-0.2, 0) is 14.3 Å². The second-order valence-corrected chi connectivity index (χ2v) is 8.70. The Bertz CT molecular complexity index is 1050. The van der Waals surface area contributed by atoms with E-state index in [9.17, 15) is 14.0 Å². The first-order valence-corrected chi connectivity index (χ1v) is 11.6. The highest BCUT2D eigenvalue weighted by Crippen LogP contribution is 2.34. The zero-order valence-electron chi connectivity index (χ0n) is 19.2. The van der Waals surface area contributed by atoms with Crippen LogP contribution in [0.1, 0.15) is 48.9 Å². The van der Waals surface area contributed by atoms with Gasteiger partial charge in [0, 0.05) is 12.0 Å². The fourth-order valence-corrected chi connectivity index (χ4v) is 4.58. The molecule has 1 fully saturated rings. The van der Waals surface area contributed by atoms with Gasteiger partial charge in [0.1, 0.15) is 5.82 Å². The first-order chi connectivity index (χ1) is 16.0. The highest BCUT2D eigenvalue weighted by atomic mass is 19.1. The second-order valence-electron chi connectivity index (χ2n) is 8.70. The molecule has 0 spiro atoms. The van der Waals surface area contributed by atoms with Crippen LogP contribution in [0.25, 0.3) is 0 Å². The number of carbonyl (C=O) groups excluding carboxylic acids is 2. The maximum atomic E-state index is 14.7. The van der Waals surface area contributed by atoms with E-state index < -0.39 is 6.04 Å². The average Bonchev–Trinajstić information content (AvgIpc) is 3.25. The van der Waals surface area contributed by atoms with Crippen molar-refractivity contribution in [2.75, 3.05) is 26.2 Å². The van der Waals surface area contributed by atoms with Crippen LogP contribution >= 0.6 is 0 Å². The Morgan fingerprint density at radius 2 is 1.88 bits per heavy atom.